The fraction of sp³-hybridized carbons (Fsp3) is 0.444. The lowest BCUT2D eigenvalue weighted by Crippen LogP contribution is -2.45. The maximum atomic E-state index is 12.2. The second-order valence-electron chi connectivity index (χ2n) is 5.96. The molecule has 0 spiro atoms. The van der Waals surface area contributed by atoms with Crippen molar-refractivity contribution in [2.24, 2.45) is 0 Å². The van der Waals surface area contributed by atoms with Crippen molar-refractivity contribution in [2.45, 2.75) is 26.1 Å². The van der Waals surface area contributed by atoms with Gasteiger partial charge in [-0.05, 0) is 12.5 Å². The summed E-state index contributed by atoms with van der Waals surface area (Å²) in [6.45, 7) is 6.57. The van der Waals surface area contributed by atoms with Gasteiger partial charge in [-0.1, -0.05) is 30.3 Å². The summed E-state index contributed by atoms with van der Waals surface area (Å²) in [5.41, 5.74) is 1.22. The van der Waals surface area contributed by atoms with Gasteiger partial charge in [-0.25, -0.2) is 4.98 Å². The summed E-state index contributed by atoms with van der Waals surface area (Å²) < 4.78 is 7.46. The number of morpholine rings is 1. The Morgan fingerprint density at radius 2 is 2.17 bits per heavy atom. The van der Waals surface area contributed by atoms with Crippen LogP contribution in [0.4, 0.5) is 5.82 Å². The van der Waals surface area contributed by atoms with E-state index in [0.29, 0.717) is 25.5 Å². The molecule has 0 amide bonds. The number of aryl methyl sites for hydroxylation is 1. The Labute approximate surface area is 142 Å². The fourth-order valence-corrected chi connectivity index (χ4v) is 2.92. The Balaban J connectivity index is 1.55. The summed E-state index contributed by atoms with van der Waals surface area (Å²) in [6.07, 6.45) is 3.40. The lowest BCUT2D eigenvalue weighted by molar-refractivity contribution is -0.0240. The van der Waals surface area contributed by atoms with Crippen LogP contribution in [0.3, 0.4) is 0 Å². The molecule has 1 aliphatic rings. The summed E-state index contributed by atoms with van der Waals surface area (Å²) in [4.78, 5) is 18.7. The molecule has 128 valence electrons. The minimum absolute atomic E-state index is 0.0546. The first-order valence-corrected chi connectivity index (χ1v) is 8.43. The Hall–Kier alpha value is -2.18. The van der Waals surface area contributed by atoms with Gasteiger partial charge in [0.05, 0.1) is 12.7 Å². The molecule has 1 atom stereocenters. The number of aromatic nitrogens is 2. The number of nitrogens with zero attached hydrogens (tertiary/aromatic N) is 3. The monoisotopic (exact) mass is 328 g/mol. The third-order valence-electron chi connectivity index (χ3n) is 4.22. The number of anilines is 1. The number of nitrogens with one attached hydrogen (secondary N) is 1. The first kappa shape index (κ1) is 16.7. The molecule has 0 bridgehead atoms. The standard InChI is InChI=1S/C18H24N4O2/c1-2-22-9-8-19-17(18(22)23)20-12-16-14-21(10-11-24-16)13-15-6-4-3-5-7-15/h3-9,16H,2,10-14H2,1H3,(H,19,20). The van der Waals surface area contributed by atoms with Crippen molar-refractivity contribution in [3.05, 3.63) is 58.6 Å². The van der Waals surface area contributed by atoms with E-state index in [2.05, 4.69) is 39.5 Å². The molecule has 2 heterocycles. The predicted molar refractivity (Wildman–Crippen MR) is 94.1 cm³/mol. The molecule has 1 aromatic heterocycles. The van der Waals surface area contributed by atoms with Crippen LogP contribution in [0.5, 0.6) is 0 Å². The van der Waals surface area contributed by atoms with Crippen molar-refractivity contribution in [3.8, 4) is 0 Å². The van der Waals surface area contributed by atoms with Gasteiger partial charge in [0.15, 0.2) is 5.82 Å². The van der Waals surface area contributed by atoms with Crippen LogP contribution in [-0.2, 0) is 17.8 Å². The highest BCUT2D eigenvalue weighted by Gasteiger charge is 2.20. The van der Waals surface area contributed by atoms with Gasteiger partial charge >= 0.3 is 0 Å². The average Bonchev–Trinajstić information content (AvgIpc) is 2.62. The van der Waals surface area contributed by atoms with Crippen LogP contribution < -0.4 is 10.9 Å². The maximum Gasteiger partial charge on any atom is 0.293 e. The Kier molecular flexibility index (Phi) is 5.61. The van der Waals surface area contributed by atoms with Crippen LogP contribution in [0.25, 0.3) is 0 Å². The molecule has 24 heavy (non-hydrogen) atoms. The molecular weight excluding hydrogens is 304 g/mol. The average molecular weight is 328 g/mol. The first-order chi connectivity index (χ1) is 11.8. The molecule has 0 aliphatic carbocycles. The zero-order chi connectivity index (χ0) is 16.8. The number of rotatable bonds is 6. The van der Waals surface area contributed by atoms with E-state index in [9.17, 15) is 4.79 Å². The highest BCUT2D eigenvalue weighted by atomic mass is 16.5. The van der Waals surface area contributed by atoms with Crippen LogP contribution in [0.2, 0.25) is 0 Å². The third-order valence-corrected chi connectivity index (χ3v) is 4.22. The maximum absolute atomic E-state index is 12.2. The van der Waals surface area contributed by atoms with Crippen molar-refractivity contribution in [1.29, 1.82) is 0 Å². The number of benzene rings is 1. The third kappa shape index (κ3) is 4.21. The van der Waals surface area contributed by atoms with Crippen molar-refractivity contribution >= 4 is 5.82 Å². The summed E-state index contributed by atoms with van der Waals surface area (Å²) >= 11 is 0. The molecule has 1 aromatic carbocycles. The number of ether oxygens (including phenoxy) is 1. The van der Waals surface area contributed by atoms with Gasteiger partial charge in [-0.15, -0.1) is 0 Å². The molecule has 0 saturated carbocycles. The summed E-state index contributed by atoms with van der Waals surface area (Å²) in [7, 11) is 0. The van der Waals surface area contributed by atoms with E-state index in [-0.39, 0.29) is 11.7 Å². The molecule has 1 N–H and O–H groups in total. The van der Waals surface area contributed by atoms with E-state index in [1.807, 2.05) is 13.0 Å². The zero-order valence-electron chi connectivity index (χ0n) is 14.0. The van der Waals surface area contributed by atoms with Gasteiger partial charge in [0.2, 0.25) is 0 Å². The quantitative estimate of drug-likeness (QED) is 0.872. The van der Waals surface area contributed by atoms with Crippen LogP contribution in [0.1, 0.15) is 12.5 Å². The highest BCUT2D eigenvalue weighted by Crippen LogP contribution is 2.10. The predicted octanol–water partition coefficient (Wildman–Crippen LogP) is 1.58. The minimum Gasteiger partial charge on any atom is -0.374 e. The Bertz CT molecular complexity index is 702. The lowest BCUT2D eigenvalue weighted by Gasteiger charge is -2.33. The molecule has 1 aliphatic heterocycles. The van der Waals surface area contributed by atoms with E-state index in [1.165, 1.54) is 5.56 Å². The lowest BCUT2D eigenvalue weighted by atomic mass is 10.2. The minimum atomic E-state index is -0.0862. The van der Waals surface area contributed by atoms with Crippen molar-refractivity contribution in [1.82, 2.24) is 14.5 Å². The molecule has 1 unspecified atom stereocenters. The van der Waals surface area contributed by atoms with Gasteiger partial charge < -0.3 is 14.6 Å². The SMILES string of the molecule is CCn1ccnc(NCC2CN(Cc3ccccc3)CCO2)c1=O. The Morgan fingerprint density at radius 3 is 2.96 bits per heavy atom. The number of hydrogen-bond acceptors (Lipinski definition) is 5. The molecule has 1 fully saturated rings. The van der Waals surface area contributed by atoms with E-state index >= 15 is 0 Å². The van der Waals surface area contributed by atoms with Crippen LogP contribution in [0.15, 0.2) is 47.5 Å². The van der Waals surface area contributed by atoms with Gasteiger partial charge in [0, 0.05) is 45.1 Å². The van der Waals surface area contributed by atoms with Gasteiger partial charge in [0.25, 0.3) is 5.56 Å². The molecule has 0 radical (unpaired) electrons. The summed E-state index contributed by atoms with van der Waals surface area (Å²) in [5.74, 6) is 0.392. The second kappa shape index (κ2) is 8.08. The molecule has 3 rings (SSSR count). The van der Waals surface area contributed by atoms with E-state index < -0.39 is 0 Å². The van der Waals surface area contributed by atoms with Crippen LogP contribution in [-0.4, -0.2) is 46.8 Å². The molecule has 6 heteroatoms. The smallest absolute Gasteiger partial charge is 0.293 e. The normalized spacial score (nSPS) is 18.5. The van der Waals surface area contributed by atoms with Crippen molar-refractivity contribution in [2.75, 3.05) is 31.6 Å². The van der Waals surface area contributed by atoms with Gasteiger partial charge in [-0.3, -0.25) is 9.69 Å². The highest BCUT2D eigenvalue weighted by molar-refractivity contribution is 5.30. The zero-order valence-corrected chi connectivity index (χ0v) is 14.0. The topological polar surface area (TPSA) is 59.4 Å². The summed E-state index contributed by atoms with van der Waals surface area (Å²) in [6, 6.07) is 10.4. The first-order valence-electron chi connectivity index (χ1n) is 8.43. The molecular formula is C18H24N4O2. The van der Waals surface area contributed by atoms with Gasteiger partial charge in [0.1, 0.15) is 0 Å². The molecule has 6 nitrogen and oxygen atoms in total. The fourth-order valence-electron chi connectivity index (χ4n) is 2.92. The Morgan fingerprint density at radius 1 is 1.33 bits per heavy atom. The van der Waals surface area contributed by atoms with E-state index in [4.69, 9.17) is 4.74 Å². The van der Waals surface area contributed by atoms with Crippen LogP contribution >= 0.6 is 0 Å². The number of hydrogen-bond donors (Lipinski definition) is 1. The van der Waals surface area contributed by atoms with Gasteiger partial charge in [-0.2, -0.15) is 0 Å². The van der Waals surface area contributed by atoms with E-state index in [1.54, 1.807) is 17.0 Å². The second-order valence-corrected chi connectivity index (χ2v) is 5.96. The molecule has 2 aromatic rings. The summed E-state index contributed by atoms with van der Waals surface area (Å²) in [5, 5.41) is 3.15. The largest absolute Gasteiger partial charge is 0.374 e. The van der Waals surface area contributed by atoms with Crippen molar-refractivity contribution < 1.29 is 4.74 Å². The van der Waals surface area contributed by atoms with Crippen molar-refractivity contribution in [3.63, 3.8) is 0 Å². The molecule has 1 saturated heterocycles. The van der Waals surface area contributed by atoms with E-state index in [0.717, 1.165) is 19.6 Å². The van der Waals surface area contributed by atoms with Crippen LogP contribution in [0, 0.1) is 0 Å².